The zero-order valence-corrected chi connectivity index (χ0v) is 20.0. The number of ether oxygens (including phenoxy) is 1. The molecule has 0 aliphatic heterocycles. The quantitative estimate of drug-likeness (QED) is 0.266. The number of nitrogens with zero attached hydrogens (tertiary/aromatic N) is 3. The molecule has 5 aromatic rings. The minimum absolute atomic E-state index is 0.104. The van der Waals surface area contributed by atoms with E-state index in [1.165, 1.54) is 13.2 Å². The van der Waals surface area contributed by atoms with Crippen molar-refractivity contribution in [3.8, 4) is 5.75 Å². The van der Waals surface area contributed by atoms with E-state index in [1.54, 1.807) is 61.7 Å². The summed E-state index contributed by atoms with van der Waals surface area (Å²) in [6.07, 6.45) is 1.69. The van der Waals surface area contributed by atoms with Gasteiger partial charge in [-0.1, -0.05) is 18.2 Å². The second kappa shape index (κ2) is 10.2. The van der Waals surface area contributed by atoms with E-state index in [1.807, 2.05) is 18.2 Å². The van der Waals surface area contributed by atoms with Gasteiger partial charge in [-0.15, -0.1) is 0 Å². The maximum Gasteiger partial charge on any atom is 0.349 e. The minimum atomic E-state index is -0.748. The van der Waals surface area contributed by atoms with Crippen LogP contribution in [0, 0.1) is 6.92 Å². The molecule has 0 bridgehead atoms. The predicted octanol–water partition coefficient (Wildman–Crippen LogP) is 5.03. The van der Waals surface area contributed by atoms with Gasteiger partial charge >= 0.3 is 5.63 Å². The van der Waals surface area contributed by atoms with Gasteiger partial charge in [-0.25, -0.2) is 19.7 Å². The molecule has 0 aliphatic carbocycles. The van der Waals surface area contributed by atoms with Crippen molar-refractivity contribution in [3.63, 3.8) is 0 Å². The molecular weight excluding hydrogens is 472 g/mol. The Hall–Kier alpha value is -5.25. The van der Waals surface area contributed by atoms with Crippen molar-refractivity contribution >= 4 is 45.7 Å². The van der Waals surface area contributed by atoms with Crippen molar-refractivity contribution in [1.82, 2.24) is 15.0 Å². The fourth-order valence-corrected chi connectivity index (χ4v) is 3.68. The molecule has 0 spiro atoms. The molecule has 37 heavy (non-hydrogen) atoms. The van der Waals surface area contributed by atoms with Crippen LogP contribution >= 0.6 is 0 Å². The normalized spacial score (nSPS) is 10.6. The Balaban J connectivity index is 1.29. The highest BCUT2D eigenvalue weighted by Crippen LogP contribution is 2.25. The maximum atomic E-state index is 12.8. The molecule has 0 atom stereocenters. The van der Waals surface area contributed by atoms with Gasteiger partial charge in [0.05, 0.1) is 7.11 Å². The molecule has 0 radical (unpaired) electrons. The Bertz CT molecular complexity index is 1640. The van der Waals surface area contributed by atoms with E-state index in [0.29, 0.717) is 45.7 Å². The van der Waals surface area contributed by atoms with Crippen molar-refractivity contribution in [3.05, 3.63) is 101 Å². The first-order valence-electron chi connectivity index (χ1n) is 11.3. The lowest BCUT2D eigenvalue weighted by Crippen LogP contribution is -2.20. The van der Waals surface area contributed by atoms with Crippen molar-refractivity contribution in [1.29, 1.82) is 0 Å². The molecule has 0 saturated heterocycles. The van der Waals surface area contributed by atoms with Crippen LogP contribution in [0.25, 0.3) is 11.0 Å². The second-order valence-corrected chi connectivity index (χ2v) is 8.01. The van der Waals surface area contributed by atoms with E-state index >= 15 is 0 Å². The minimum Gasteiger partial charge on any atom is -0.493 e. The molecule has 3 N–H and O–H groups in total. The molecular formula is C27H22N6O4. The first-order valence-corrected chi connectivity index (χ1v) is 11.3. The summed E-state index contributed by atoms with van der Waals surface area (Å²) >= 11 is 0. The van der Waals surface area contributed by atoms with Gasteiger partial charge in [0.25, 0.3) is 5.91 Å². The number of anilines is 5. The molecule has 0 unspecified atom stereocenters. The van der Waals surface area contributed by atoms with Crippen LogP contribution in [0.5, 0.6) is 5.75 Å². The molecule has 10 heteroatoms. The average Bonchev–Trinajstić information content (AvgIpc) is 2.89. The fraction of sp³-hybridized carbons (Fsp3) is 0.0741. The van der Waals surface area contributed by atoms with Crippen molar-refractivity contribution < 1.29 is 13.9 Å². The van der Waals surface area contributed by atoms with Crippen LogP contribution in [-0.4, -0.2) is 28.0 Å². The third kappa shape index (κ3) is 5.38. The second-order valence-electron chi connectivity index (χ2n) is 8.01. The summed E-state index contributed by atoms with van der Waals surface area (Å²) in [7, 11) is 1.48. The lowest BCUT2D eigenvalue weighted by atomic mass is 10.1. The van der Waals surface area contributed by atoms with Gasteiger partial charge in [-0.2, -0.15) is 0 Å². The Kier molecular flexibility index (Phi) is 6.45. The fourth-order valence-electron chi connectivity index (χ4n) is 3.68. The van der Waals surface area contributed by atoms with Gasteiger partial charge in [-0.05, 0) is 55.5 Å². The SMILES string of the molecule is COc1cccc2cc(C(=O)Nc3ccc(Nc4cc(Nc5ccccn5)nc(C)n4)cc3)c(=O)oc12. The van der Waals surface area contributed by atoms with E-state index in [9.17, 15) is 9.59 Å². The number of methoxy groups -OCH3 is 1. The Morgan fingerprint density at radius 3 is 2.35 bits per heavy atom. The zero-order chi connectivity index (χ0) is 25.8. The van der Waals surface area contributed by atoms with Crippen LogP contribution in [0.4, 0.5) is 28.8 Å². The molecule has 10 nitrogen and oxygen atoms in total. The van der Waals surface area contributed by atoms with Crippen LogP contribution in [0.1, 0.15) is 16.2 Å². The highest BCUT2D eigenvalue weighted by Gasteiger charge is 2.16. The van der Waals surface area contributed by atoms with Crippen LogP contribution in [-0.2, 0) is 0 Å². The number of hydrogen-bond acceptors (Lipinski definition) is 9. The first-order chi connectivity index (χ1) is 18.0. The molecule has 0 saturated carbocycles. The molecule has 1 amide bonds. The van der Waals surface area contributed by atoms with Gasteiger partial charge in [0.2, 0.25) is 0 Å². The van der Waals surface area contributed by atoms with Crippen molar-refractivity contribution in [2.75, 3.05) is 23.1 Å². The van der Waals surface area contributed by atoms with Crippen molar-refractivity contribution in [2.45, 2.75) is 6.92 Å². The first kappa shape index (κ1) is 23.5. The highest BCUT2D eigenvalue weighted by molar-refractivity contribution is 6.05. The molecule has 3 aromatic heterocycles. The lowest BCUT2D eigenvalue weighted by Gasteiger charge is -2.11. The van der Waals surface area contributed by atoms with E-state index in [0.717, 1.165) is 5.69 Å². The van der Waals surface area contributed by atoms with E-state index in [2.05, 4.69) is 30.9 Å². The molecule has 3 heterocycles. The summed E-state index contributed by atoms with van der Waals surface area (Å²) < 4.78 is 10.6. The van der Waals surface area contributed by atoms with Gasteiger partial charge in [0, 0.05) is 29.0 Å². The third-order valence-electron chi connectivity index (χ3n) is 5.36. The zero-order valence-electron chi connectivity index (χ0n) is 20.0. The molecule has 2 aromatic carbocycles. The topological polar surface area (TPSA) is 131 Å². The van der Waals surface area contributed by atoms with Crippen LogP contribution < -0.4 is 26.3 Å². The van der Waals surface area contributed by atoms with Crippen LogP contribution in [0.15, 0.2) is 88.2 Å². The van der Waals surface area contributed by atoms with Crippen LogP contribution in [0.3, 0.4) is 0 Å². The van der Waals surface area contributed by atoms with E-state index < -0.39 is 11.5 Å². The number of nitrogens with one attached hydrogen (secondary N) is 3. The number of aryl methyl sites for hydroxylation is 1. The summed E-state index contributed by atoms with van der Waals surface area (Å²) in [4.78, 5) is 38.3. The van der Waals surface area contributed by atoms with E-state index in [4.69, 9.17) is 9.15 Å². The number of rotatable bonds is 7. The number of fused-ring (bicyclic) bond motifs is 1. The molecule has 0 fully saturated rings. The number of carbonyl (C=O) groups is 1. The standard InChI is InChI=1S/C27H22N6O4/c1-16-29-23(15-24(30-16)33-22-8-3-4-13-28-22)31-18-9-11-19(12-10-18)32-26(34)20-14-17-6-5-7-21(36-2)25(17)37-27(20)35/h3-15H,1-2H3,(H,32,34)(H2,28,29,30,31,33). The largest absolute Gasteiger partial charge is 0.493 e. The lowest BCUT2D eigenvalue weighted by molar-refractivity contribution is 0.102. The number of pyridine rings is 1. The smallest absolute Gasteiger partial charge is 0.349 e. The number of para-hydroxylation sites is 1. The predicted molar refractivity (Wildman–Crippen MR) is 141 cm³/mol. The number of carbonyl (C=O) groups excluding carboxylic acids is 1. The summed E-state index contributed by atoms with van der Waals surface area (Å²) in [5.74, 6) is 2.29. The van der Waals surface area contributed by atoms with Crippen molar-refractivity contribution in [2.24, 2.45) is 0 Å². The number of benzene rings is 2. The van der Waals surface area contributed by atoms with Gasteiger partial charge in [-0.3, -0.25) is 4.79 Å². The summed E-state index contributed by atoms with van der Waals surface area (Å²) in [6.45, 7) is 1.80. The Morgan fingerprint density at radius 1 is 0.865 bits per heavy atom. The summed E-state index contributed by atoms with van der Waals surface area (Å²) in [5, 5.41) is 9.68. The van der Waals surface area contributed by atoms with E-state index in [-0.39, 0.29) is 5.56 Å². The van der Waals surface area contributed by atoms with Gasteiger partial charge in [0.15, 0.2) is 11.3 Å². The molecule has 184 valence electrons. The highest BCUT2D eigenvalue weighted by atomic mass is 16.5. The number of amides is 1. The Labute approximate surface area is 211 Å². The van der Waals surface area contributed by atoms with Gasteiger partial charge in [0.1, 0.15) is 28.8 Å². The Morgan fingerprint density at radius 2 is 1.62 bits per heavy atom. The number of hydrogen-bond donors (Lipinski definition) is 3. The van der Waals surface area contributed by atoms with Gasteiger partial charge < -0.3 is 25.1 Å². The summed E-state index contributed by atoms with van der Waals surface area (Å²) in [6, 6.07) is 21.0. The molecule has 5 rings (SSSR count). The monoisotopic (exact) mass is 494 g/mol. The molecule has 0 aliphatic rings. The average molecular weight is 495 g/mol. The maximum absolute atomic E-state index is 12.8. The number of aromatic nitrogens is 3. The van der Waals surface area contributed by atoms with Crippen LogP contribution in [0.2, 0.25) is 0 Å². The summed E-state index contributed by atoms with van der Waals surface area (Å²) in [5.41, 5.74) is 0.698. The third-order valence-corrected chi connectivity index (χ3v) is 5.36.